The standard InChI is InChI=1S/C21H17N3O2/c1-15(25)24-23-13-20-19-9-5-4-6-16(19)10-11-21(20)26-14-18-8-3-2-7-17(18)12-22/h2-11,13H,14H2,1H3,(H,24,25)/b23-13-. The molecule has 0 radical (unpaired) electrons. The molecular weight excluding hydrogens is 326 g/mol. The Bertz CT molecular complexity index is 1020. The molecule has 0 spiro atoms. The maximum absolute atomic E-state index is 11.1. The number of ether oxygens (including phenoxy) is 1. The van der Waals surface area contributed by atoms with Crippen LogP contribution in [0.3, 0.4) is 0 Å². The number of carbonyl (C=O) groups excluding carboxylic acids is 1. The second kappa shape index (κ2) is 7.95. The molecule has 128 valence electrons. The highest BCUT2D eigenvalue weighted by molar-refractivity contribution is 6.02. The van der Waals surface area contributed by atoms with Crippen LogP contribution in [0.4, 0.5) is 0 Å². The molecule has 0 unspecified atom stereocenters. The molecule has 0 fully saturated rings. The fraction of sp³-hybridized carbons (Fsp3) is 0.0952. The second-order valence-electron chi connectivity index (χ2n) is 5.68. The number of nitrogens with zero attached hydrogens (tertiary/aromatic N) is 2. The highest BCUT2D eigenvalue weighted by Gasteiger charge is 2.09. The number of hydrazone groups is 1. The summed E-state index contributed by atoms with van der Waals surface area (Å²) in [5.74, 6) is 0.387. The van der Waals surface area contributed by atoms with E-state index in [0.717, 1.165) is 21.9 Å². The summed E-state index contributed by atoms with van der Waals surface area (Å²) >= 11 is 0. The third-order valence-electron chi connectivity index (χ3n) is 3.87. The van der Waals surface area contributed by atoms with Crippen molar-refractivity contribution in [3.05, 3.63) is 77.4 Å². The molecule has 0 aliphatic carbocycles. The Balaban J connectivity index is 1.95. The average Bonchev–Trinajstić information content (AvgIpc) is 2.67. The average molecular weight is 343 g/mol. The number of carbonyl (C=O) groups is 1. The lowest BCUT2D eigenvalue weighted by atomic mass is 10.0. The molecule has 0 aromatic heterocycles. The van der Waals surface area contributed by atoms with E-state index in [2.05, 4.69) is 16.6 Å². The molecule has 0 bridgehead atoms. The zero-order valence-corrected chi connectivity index (χ0v) is 14.3. The largest absolute Gasteiger partial charge is 0.488 e. The van der Waals surface area contributed by atoms with Gasteiger partial charge >= 0.3 is 0 Å². The van der Waals surface area contributed by atoms with Crippen molar-refractivity contribution < 1.29 is 9.53 Å². The first kappa shape index (κ1) is 17.2. The van der Waals surface area contributed by atoms with Crippen molar-refractivity contribution in [2.24, 2.45) is 5.10 Å². The Morgan fingerprint density at radius 3 is 2.73 bits per heavy atom. The van der Waals surface area contributed by atoms with Crippen molar-refractivity contribution in [2.75, 3.05) is 0 Å². The van der Waals surface area contributed by atoms with Crippen LogP contribution in [-0.2, 0) is 11.4 Å². The Morgan fingerprint density at radius 2 is 1.92 bits per heavy atom. The van der Waals surface area contributed by atoms with Crippen LogP contribution in [0.15, 0.2) is 65.8 Å². The van der Waals surface area contributed by atoms with Crippen LogP contribution in [0.5, 0.6) is 5.75 Å². The third-order valence-corrected chi connectivity index (χ3v) is 3.87. The minimum absolute atomic E-state index is 0.244. The smallest absolute Gasteiger partial charge is 0.236 e. The van der Waals surface area contributed by atoms with Crippen molar-refractivity contribution in [2.45, 2.75) is 13.5 Å². The molecule has 26 heavy (non-hydrogen) atoms. The predicted molar refractivity (Wildman–Crippen MR) is 101 cm³/mol. The molecule has 0 heterocycles. The van der Waals surface area contributed by atoms with Gasteiger partial charge in [0.2, 0.25) is 5.91 Å². The van der Waals surface area contributed by atoms with Crippen molar-refractivity contribution in [1.29, 1.82) is 5.26 Å². The zero-order valence-electron chi connectivity index (χ0n) is 14.3. The van der Waals surface area contributed by atoms with E-state index < -0.39 is 0 Å². The van der Waals surface area contributed by atoms with Crippen LogP contribution >= 0.6 is 0 Å². The van der Waals surface area contributed by atoms with Crippen molar-refractivity contribution >= 4 is 22.9 Å². The highest BCUT2D eigenvalue weighted by atomic mass is 16.5. The molecule has 3 aromatic rings. The van der Waals surface area contributed by atoms with Crippen molar-refractivity contribution in [1.82, 2.24) is 5.43 Å². The molecule has 3 rings (SSSR count). The lowest BCUT2D eigenvalue weighted by Crippen LogP contribution is -2.12. The fourth-order valence-electron chi connectivity index (χ4n) is 2.63. The van der Waals surface area contributed by atoms with Gasteiger partial charge in [0, 0.05) is 18.1 Å². The van der Waals surface area contributed by atoms with E-state index in [1.54, 1.807) is 12.3 Å². The SMILES string of the molecule is CC(=O)N/N=C\c1c(OCc2ccccc2C#N)ccc2ccccc12. The molecule has 0 aliphatic rings. The Labute approximate surface area is 151 Å². The maximum Gasteiger partial charge on any atom is 0.236 e. The van der Waals surface area contributed by atoms with Gasteiger partial charge in [0.15, 0.2) is 0 Å². The molecule has 0 aliphatic heterocycles. The first-order valence-corrected chi connectivity index (χ1v) is 8.11. The van der Waals surface area contributed by atoms with Gasteiger partial charge in [-0.05, 0) is 22.9 Å². The molecule has 0 saturated carbocycles. The molecule has 1 amide bonds. The van der Waals surface area contributed by atoms with E-state index >= 15 is 0 Å². The van der Waals surface area contributed by atoms with Crippen molar-refractivity contribution in [3.63, 3.8) is 0 Å². The highest BCUT2D eigenvalue weighted by Crippen LogP contribution is 2.27. The zero-order chi connectivity index (χ0) is 18.4. The van der Waals surface area contributed by atoms with Gasteiger partial charge < -0.3 is 4.74 Å². The first-order valence-electron chi connectivity index (χ1n) is 8.11. The molecule has 0 saturated heterocycles. The van der Waals surface area contributed by atoms with E-state index in [1.165, 1.54) is 6.92 Å². The fourth-order valence-corrected chi connectivity index (χ4v) is 2.63. The number of fused-ring (bicyclic) bond motifs is 1. The molecular formula is C21H17N3O2. The van der Waals surface area contributed by atoms with Gasteiger partial charge in [0.1, 0.15) is 12.4 Å². The van der Waals surface area contributed by atoms with Gasteiger partial charge in [-0.15, -0.1) is 0 Å². The molecule has 3 aromatic carbocycles. The van der Waals surface area contributed by atoms with Gasteiger partial charge in [-0.3, -0.25) is 4.79 Å². The summed E-state index contributed by atoms with van der Waals surface area (Å²) in [6.07, 6.45) is 1.58. The number of amides is 1. The first-order chi connectivity index (χ1) is 12.7. The van der Waals surface area contributed by atoms with Crippen LogP contribution < -0.4 is 10.2 Å². The predicted octanol–water partition coefficient (Wildman–Crippen LogP) is 3.76. The monoisotopic (exact) mass is 343 g/mol. The van der Waals surface area contributed by atoms with Crippen LogP contribution in [0.1, 0.15) is 23.6 Å². The molecule has 0 atom stereocenters. The third kappa shape index (κ3) is 3.87. The number of hydrogen-bond acceptors (Lipinski definition) is 4. The Morgan fingerprint density at radius 1 is 1.15 bits per heavy atom. The minimum Gasteiger partial charge on any atom is -0.488 e. The van der Waals surface area contributed by atoms with Gasteiger partial charge in [0.05, 0.1) is 17.8 Å². The summed E-state index contributed by atoms with van der Waals surface area (Å²) in [5, 5.41) is 15.2. The number of rotatable bonds is 5. The topological polar surface area (TPSA) is 74.5 Å². The second-order valence-corrected chi connectivity index (χ2v) is 5.68. The van der Waals surface area contributed by atoms with Gasteiger partial charge in [-0.25, -0.2) is 5.43 Å². The van der Waals surface area contributed by atoms with Crippen LogP contribution in [0, 0.1) is 11.3 Å². The summed E-state index contributed by atoms with van der Waals surface area (Å²) in [6.45, 7) is 1.67. The lowest BCUT2D eigenvalue weighted by molar-refractivity contribution is -0.118. The van der Waals surface area contributed by atoms with Crippen LogP contribution in [-0.4, -0.2) is 12.1 Å². The van der Waals surface area contributed by atoms with E-state index in [0.29, 0.717) is 11.3 Å². The number of benzene rings is 3. The van der Waals surface area contributed by atoms with Crippen LogP contribution in [0.25, 0.3) is 10.8 Å². The minimum atomic E-state index is -0.244. The quantitative estimate of drug-likeness (QED) is 0.566. The molecule has 5 heteroatoms. The number of nitriles is 1. The molecule has 5 nitrogen and oxygen atoms in total. The van der Waals surface area contributed by atoms with E-state index in [-0.39, 0.29) is 12.5 Å². The van der Waals surface area contributed by atoms with E-state index in [1.807, 2.05) is 54.6 Å². The van der Waals surface area contributed by atoms with Gasteiger partial charge in [0.25, 0.3) is 0 Å². The lowest BCUT2D eigenvalue weighted by Gasteiger charge is -2.12. The summed E-state index contributed by atoms with van der Waals surface area (Å²) in [5.41, 5.74) is 4.58. The van der Waals surface area contributed by atoms with E-state index in [4.69, 9.17) is 4.74 Å². The number of nitrogens with one attached hydrogen (secondary N) is 1. The summed E-state index contributed by atoms with van der Waals surface area (Å²) in [7, 11) is 0. The summed E-state index contributed by atoms with van der Waals surface area (Å²) in [6, 6.07) is 21.2. The summed E-state index contributed by atoms with van der Waals surface area (Å²) in [4.78, 5) is 11.1. The van der Waals surface area contributed by atoms with Crippen LogP contribution in [0.2, 0.25) is 0 Å². The number of hydrogen-bond donors (Lipinski definition) is 1. The summed E-state index contributed by atoms with van der Waals surface area (Å²) < 4.78 is 5.98. The Kier molecular flexibility index (Phi) is 5.25. The normalized spacial score (nSPS) is 10.6. The van der Waals surface area contributed by atoms with Crippen molar-refractivity contribution in [3.8, 4) is 11.8 Å². The maximum atomic E-state index is 11.1. The van der Waals surface area contributed by atoms with E-state index in [9.17, 15) is 10.1 Å². The Hall–Kier alpha value is -3.65. The van der Waals surface area contributed by atoms with Gasteiger partial charge in [-0.1, -0.05) is 48.5 Å². The van der Waals surface area contributed by atoms with Gasteiger partial charge in [-0.2, -0.15) is 10.4 Å². The molecule has 1 N–H and O–H groups in total.